The molecule has 0 amide bonds. The van der Waals surface area contributed by atoms with E-state index in [9.17, 15) is 0 Å². The van der Waals surface area contributed by atoms with E-state index in [-0.39, 0.29) is 0 Å². The molecule has 0 heterocycles. The summed E-state index contributed by atoms with van der Waals surface area (Å²) in [5.74, 6) is 0. The molecular formula is C13H24. The van der Waals surface area contributed by atoms with E-state index in [2.05, 4.69) is 39.2 Å². The fraction of sp³-hybridized carbons (Fsp3) is 0.538. The first-order valence-electron chi connectivity index (χ1n) is 5.18. The van der Waals surface area contributed by atoms with Crippen LogP contribution in [0.5, 0.6) is 0 Å². The van der Waals surface area contributed by atoms with Crippen molar-refractivity contribution >= 4 is 0 Å². The van der Waals surface area contributed by atoms with Crippen LogP contribution in [0.3, 0.4) is 0 Å². The number of hydrogen-bond acceptors (Lipinski definition) is 0. The molecule has 0 spiro atoms. The highest BCUT2D eigenvalue weighted by molar-refractivity contribution is 5.22. The van der Waals surface area contributed by atoms with Crippen molar-refractivity contribution in [3.63, 3.8) is 0 Å². The zero-order valence-corrected chi connectivity index (χ0v) is 9.69. The van der Waals surface area contributed by atoms with Crippen LogP contribution < -0.4 is 0 Å². The van der Waals surface area contributed by atoms with Gasteiger partial charge in [-0.05, 0) is 26.2 Å². The molecule has 0 aromatic carbocycles. The summed E-state index contributed by atoms with van der Waals surface area (Å²) in [6.07, 6.45) is 8.30. The van der Waals surface area contributed by atoms with Gasteiger partial charge in [-0.15, -0.1) is 13.2 Å². The molecule has 1 aliphatic carbocycles. The third-order valence-electron chi connectivity index (χ3n) is 1.90. The van der Waals surface area contributed by atoms with E-state index in [0.717, 1.165) is 0 Å². The lowest BCUT2D eigenvalue weighted by Gasteiger charge is -2.08. The minimum atomic E-state index is 1.23. The molecule has 76 valence electrons. The second-order valence-corrected chi connectivity index (χ2v) is 2.69. The third kappa shape index (κ3) is 7.58. The molecule has 1 rings (SSSR count). The molecule has 0 bridgehead atoms. The second-order valence-electron chi connectivity index (χ2n) is 2.69. The molecule has 0 saturated carbocycles. The summed E-state index contributed by atoms with van der Waals surface area (Å²) in [5.41, 5.74) is 3.12. The Morgan fingerprint density at radius 2 is 1.69 bits per heavy atom. The van der Waals surface area contributed by atoms with Gasteiger partial charge in [0.15, 0.2) is 0 Å². The Bertz CT molecular complexity index is 161. The summed E-state index contributed by atoms with van der Waals surface area (Å²) < 4.78 is 0. The number of rotatable bonds is 1. The van der Waals surface area contributed by atoms with Crippen molar-refractivity contribution in [3.05, 3.63) is 36.5 Å². The standard InChI is InChI=1S/C9H14.C2H6.C2H4/c1-3-9-6-4-8(2)5-7-9;2*1-2/h4,6H,3,5,7H2,1-2H3;1-2H3;1-2H2. The lowest BCUT2D eigenvalue weighted by atomic mass is 9.98. The van der Waals surface area contributed by atoms with Gasteiger partial charge in [0.1, 0.15) is 0 Å². The van der Waals surface area contributed by atoms with E-state index in [1.54, 1.807) is 5.57 Å². The van der Waals surface area contributed by atoms with E-state index < -0.39 is 0 Å². The summed E-state index contributed by atoms with van der Waals surface area (Å²) in [6, 6.07) is 0. The van der Waals surface area contributed by atoms with Crippen LogP contribution in [0.2, 0.25) is 0 Å². The second kappa shape index (κ2) is 11.2. The molecule has 0 radical (unpaired) electrons. The largest absolute Gasteiger partial charge is 0.106 e. The average Bonchev–Trinajstić information content (AvgIpc) is 2.25. The summed E-state index contributed by atoms with van der Waals surface area (Å²) in [7, 11) is 0. The van der Waals surface area contributed by atoms with E-state index in [1.165, 1.54) is 24.8 Å². The third-order valence-corrected chi connectivity index (χ3v) is 1.90. The highest BCUT2D eigenvalue weighted by atomic mass is 14.0. The molecule has 0 atom stereocenters. The van der Waals surface area contributed by atoms with E-state index in [1.807, 2.05) is 13.8 Å². The lowest BCUT2D eigenvalue weighted by molar-refractivity contribution is 0.857. The van der Waals surface area contributed by atoms with Crippen LogP contribution in [-0.4, -0.2) is 0 Å². The van der Waals surface area contributed by atoms with Crippen molar-refractivity contribution in [2.45, 2.75) is 47.0 Å². The molecular weight excluding hydrogens is 156 g/mol. The van der Waals surface area contributed by atoms with Crippen LogP contribution in [-0.2, 0) is 0 Å². The van der Waals surface area contributed by atoms with Gasteiger partial charge >= 0.3 is 0 Å². The normalized spacial score (nSPS) is 13.8. The van der Waals surface area contributed by atoms with Crippen molar-refractivity contribution in [3.8, 4) is 0 Å². The van der Waals surface area contributed by atoms with Gasteiger partial charge in [-0.1, -0.05) is 44.1 Å². The zero-order valence-electron chi connectivity index (χ0n) is 9.69. The molecule has 0 nitrogen and oxygen atoms in total. The Kier molecular flexibility index (Phi) is 12.7. The molecule has 0 N–H and O–H groups in total. The van der Waals surface area contributed by atoms with Crippen molar-refractivity contribution in [1.29, 1.82) is 0 Å². The number of allylic oxidation sites excluding steroid dienone is 4. The SMILES string of the molecule is C=C.CC.CCC1=CC=C(C)CC1. The maximum atomic E-state index is 3.00. The Balaban J connectivity index is 0. The van der Waals surface area contributed by atoms with Crippen LogP contribution >= 0.6 is 0 Å². The summed E-state index contributed by atoms with van der Waals surface area (Å²) in [6.45, 7) is 14.4. The average molecular weight is 180 g/mol. The maximum Gasteiger partial charge on any atom is -0.0280 e. The highest BCUT2D eigenvalue weighted by Crippen LogP contribution is 2.19. The molecule has 0 saturated heterocycles. The van der Waals surface area contributed by atoms with E-state index in [4.69, 9.17) is 0 Å². The molecule has 1 aliphatic rings. The first-order chi connectivity index (χ1) is 6.33. The summed E-state index contributed by atoms with van der Waals surface area (Å²) >= 11 is 0. The predicted octanol–water partition coefficient (Wildman–Crippen LogP) is 4.89. The molecule has 0 aromatic heterocycles. The Hall–Kier alpha value is -0.780. The molecule has 0 aliphatic heterocycles. The van der Waals surface area contributed by atoms with Gasteiger partial charge in [0, 0.05) is 0 Å². The monoisotopic (exact) mass is 180 g/mol. The Labute approximate surface area is 84.1 Å². The minimum absolute atomic E-state index is 1.23. The van der Waals surface area contributed by atoms with Gasteiger partial charge in [0.2, 0.25) is 0 Å². The smallest absolute Gasteiger partial charge is 0.0280 e. The van der Waals surface area contributed by atoms with Crippen LogP contribution in [0.4, 0.5) is 0 Å². The maximum absolute atomic E-state index is 3.00. The minimum Gasteiger partial charge on any atom is -0.106 e. The zero-order chi connectivity index (χ0) is 10.7. The fourth-order valence-electron chi connectivity index (χ4n) is 1.08. The molecule has 0 fully saturated rings. The van der Waals surface area contributed by atoms with Crippen LogP contribution in [0.15, 0.2) is 36.5 Å². The van der Waals surface area contributed by atoms with Gasteiger partial charge in [-0.25, -0.2) is 0 Å². The van der Waals surface area contributed by atoms with Gasteiger partial charge in [-0.2, -0.15) is 0 Å². The van der Waals surface area contributed by atoms with Crippen LogP contribution in [0.25, 0.3) is 0 Å². The van der Waals surface area contributed by atoms with Crippen molar-refractivity contribution < 1.29 is 0 Å². The number of hydrogen-bond donors (Lipinski definition) is 0. The van der Waals surface area contributed by atoms with Crippen molar-refractivity contribution in [1.82, 2.24) is 0 Å². The quantitative estimate of drug-likeness (QED) is 0.504. The molecule has 0 aromatic rings. The first kappa shape index (κ1) is 14.7. The van der Waals surface area contributed by atoms with Crippen molar-refractivity contribution in [2.24, 2.45) is 0 Å². The summed E-state index contributed by atoms with van der Waals surface area (Å²) in [4.78, 5) is 0. The highest BCUT2D eigenvalue weighted by Gasteiger charge is 1.99. The molecule has 13 heavy (non-hydrogen) atoms. The van der Waals surface area contributed by atoms with Gasteiger partial charge in [0.05, 0.1) is 0 Å². The topological polar surface area (TPSA) is 0 Å². The fourth-order valence-corrected chi connectivity index (χ4v) is 1.08. The predicted molar refractivity (Wildman–Crippen MR) is 64.0 cm³/mol. The molecule has 0 unspecified atom stereocenters. The van der Waals surface area contributed by atoms with E-state index >= 15 is 0 Å². The van der Waals surface area contributed by atoms with Crippen molar-refractivity contribution in [2.75, 3.05) is 0 Å². The van der Waals surface area contributed by atoms with E-state index in [0.29, 0.717) is 0 Å². The lowest BCUT2D eigenvalue weighted by Crippen LogP contribution is -1.88. The first-order valence-corrected chi connectivity index (χ1v) is 5.18. The Morgan fingerprint density at radius 1 is 1.15 bits per heavy atom. The van der Waals surface area contributed by atoms with Gasteiger partial charge in [0.25, 0.3) is 0 Å². The summed E-state index contributed by atoms with van der Waals surface area (Å²) in [5, 5.41) is 0. The van der Waals surface area contributed by atoms with Gasteiger partial charge in [-0.3, -0.25) is 0 Å². The van der Waals surface area contributed by atoms with Crippen LogP contribution in [0, 0.1) is 0 Å². The van der Waals surface area contributed by atoms with Crippen LogP contribution in [0.1, 0.15) is 47.0 Å². The van der Waals surface area contributed by atoms with Gasteiger partial charge < -0.3 is 0 Å². The molecule has 0 heteroatoms. The Morgan fingerprint density at radius 3 is 2.00 bits per heavy atom.